The van der Waals surface area contributed by atoms with Gasteiger partial charge in [0.1, 0.15) is 12.1 Å². The summed E-state index contributed by atoms with van der Waals surface area (Å²) in [6, 6.07) is 7.59. The Morgan fingerprint density at radius 1 is 1.32 bits per heavy atom. The maximum atomic E-state index is 13.9. The van der Waals surface area contributed by atoms with Gasteiger partial charge in [0.05, 0.1) is 12.8 Å². The Morgan fingerprint density at radius 2 is 2.16 bits per heavy atom. The van der Waals surface area contributed by atoms with Crippen LogP contribution < -0.4 is 10.1 Å². The van der Waals surface area contributed by atoms with Crippen LogP contribution in [0.15, 0.2) is 30.6 Å². The average molecular weight is 261 g/mol. The molecular weight excluding hydrogens is 245 g/mol. The molecule has 1 N–H and O–H groups in total. The monoisotopic (exact) mass is 261 g/mol. The van der Waals surface area contributed by atoms with E-state index in [0.717, 1.165) is 11.3 Å². The van der Waals surface area contributed by atoms with Gasteiger partial charge in [-0.1, -0.05) is 19.1 Å². The summed E-state index contributed by atoms with van der Waals surface area (Å²) >= 11 is 0. The molecule has 1 heterocycles. The van der Waals surface area contributed by atoms with E-state index in [1.54, 1.807) is 7.11 Å². The SMILES string of the molecule is CCc1ncnc(NCc2cccc(OC)c2)c1F. The second-order valence-corrected chi connectivity index (χ2v) is 4.04. The first-order valence-corrected chi connectivity index (χ1v) is 6.10. The number of hydrogen-bond donors (Lipinski definition) is 1. The molecule has 0 aliphatic heterocycles. The maximum absolute atomic E-state index is 13.9. The van der Waals surface area contributed by atoms with Gasteiger partial charge in [-0.15, -0.1) is 0 Å². The van der Waals surface area contributed by atoms with Crippen molar-refractivity contribution in [1.82, 2.24) is 9.97 Å². The summed E-state index contributed by atoms with van der Waals surface area (Å²) in [6.07, 6.45) is 1.91. The number of ether oxygens (including phenoxy) is 1. The smallest absolute Gasteiger partial charge is 0.186 e. The summed E-state index contributed by atoms with van der Waals surface area (Å²) < 4.78 is 19.0. The van der Waals surface area contributed by atoms with Gasteiger partial charge in [-0.25, -0.2) is 14.4 Å². The molecule has 1 aromatic heterocycles. The maximum Gasteiger partial charge on any atom is 0.186 e. The topological polar surface area (TPSA) is 47.0 Å². The minimum absolute atomic E-state index is 0.231. The summed E-state index contributed by atoms with van der Waals surface area (Å²) in [5, 5.41) is 2.97. The summed E-state index contributed by atoms with van der Waals surface area (Å²) in [4.78, 5) is 7.81. The minimum atomic E-state index is -0.382. The highest BCUT2D eigenvalue weighted by molar-refractivity contribution is 5.39. The third-order valence-electron chi connectivity index (χ3n) is 2.79. The molecule has 100 valence electrons. The Bertz CT molecular complexity index is 560. The molecule has 2 aromatic rings. The lowest BCUT2D eigenvalue weighted by molar-refractivity contribution is 0.414. The first-order chi connectivity index (χ1) is 9.24. The quantitative estimate of drug-likeness (QED) is 0.899. The lowest BCUT2D eigenvalue weighted by atomic mass is 10.2. The van der Waals surface area contributed by atoms with E-state index in [-0.39, 0.29) is 11.6 Å². The Labute approximate surface area is 111 Å². The zero-order valence-electron chi connectivity index (χ0n) is 11.0. The molecule has 0 fully saturated rings. The van der Waals surface area contributed by atoms with Crippen molar-refractivity contribution in [2.75, 3.05) is 12.4 Å². The van der Waals surface area contributed by atoms with Gasteiger partial charge in [0, 0.05) is 6.54 Å². The molecule has 0 amide bonds. The van der Waals surface area contributed by atoms with Gasteiger partial charge in [-0.05, 0) is 24.1 Å². The number of anilines is 1. The molecule has 19 heavy (non-hydrogen) atoms. The summed E-state index contributed by atoms with van der Waals surface area (Å²) in [5.41, 5.74) is 1.42. The predicted molar refractivity (Wildman–Crippen MR) is 71.7 cm³/mol. The Kier molecular flexibility index (Phi) is 4.28. The fourth-order valence-electron chi connectivity index (χ4n) is 1.74. The van der Waals surface area contributed by atoms with Crippen LogP contribution in [0.1, 0.15) is 18.2 Å². The van der Waals surface area contributed by atoms with E-state index in [4.69, 9.17) is 4.74 Å². The largest absolute Gasteiger partial charge is 0.497 e. The van der Waals surface area contributed by atoms with Gasteiger partial charge in [0.25, 0.3) is 0 Å². The lowest BCUT2D eigenvalue weighted by Gasteiger charge is -2.09. The molecule has 0 saturated heterocycles. The summed E-state index contributed by atoms with van der Waals surface area (Å²) in [5.74, 6) is 0.624. The Hall–Kier alpha value is -2.17. The molecule has 0 unspecified atom stereocenters. The fourth-order valence-corrected chi connectivity index (χ4v) is 1.74. The van der Waals surface area contributed by atoms with Crippen LogP contribution in [0.4, 0.5) is 10.2 Å². The van der Waals surface area contributed by atoms with E-state index in [2.05, 4.69) is 15.3 Å². The Balaban J connectivity index is 2.10. The number of hydrogen-bond acceptors (Lipinski definition) is 4. The molecule has 0 spiro atoms. The third kappa shape index (κ3) is 3.19. The first-order valence-electron chi connectivity index (χ1n) is 6.10. The van der Waals surface area contributed by atoms with Crippen molar-refractivity contribution in [3.05, 3.63) is 47.7 Å². The molecule has 0 bridgehead atoms. The normalized spacial score (nSPS) is 10.3. The zero-order valence-corrected chi connectivity index (χ0v) is 11.0. The number of benzene rings is 1. The second-order valence-electron chi connectivity index (χ2n) is 4.04. The first kappa shape index (κ1) is 13.3. The number of nitrogens with zero attached hydrogens (tertiary/aromatic N) is 2. The van der Waals surface area contributed by atoms with Crippen molar-refractivity contribution in [2.45, 2.75) is 19.9 Å². The molecular formula is C14H16FN3O. The predicted octanol–water partition coefficient (Wildman–Crippen LogP) is 2.80. The molecule has 1 aromatic carbocycles. The lowest BCUT2D eigenvalue weighted by Crippen LogP contribution is -2.06. The van der Waals surface area contributed by atoms with Crippen molar-refractivity contribution >= 4 is 5.82 Å². The van der Waals surface area contributed by atoms with E-state index >= 15 is 0 Å². The Morgan fingerprint density at radius 3 is 2.89 bits per heavy atom. The molecule has 0 aliphatic rings. The van der Waals surface area contributed by atoms with Crippen LogP contribution in [0.5, 0.6) is 5.75 Å². The van der Waals surface area contributed by atoms with Crippen molar-refractivity contribution < 1.29 is 9.13 Å². The van der Waals surface area contributed by atoms with Gasteiger partial charge in [-0.3, -0.25) is 0 Å². The van der Waals surface area contributed by atoms with Crippen molar-refractivity contribution in [2.24, 2.45) is 0 Å². The number of rotatable bonds is 5. The molecule has 2 rings (SSSR count). The van der Waals surface area contributed by atoms with E-state index < -0.39 is 0 Å². The van der Waals surface area contributed by atoms with Crippen LogP contribution in [0.25, 0.3) is 0 Å². The highest BCUT2D eigenvalue weighted by Crippen LogP contribution is 2.16. The zero-order chi connectivity index (χ0) is 13.7. The van der Waals surface area contributed by atoms with E-state index in [0.29, 0.717) is 18.7 Å². The van der Waals surface area contributed by atoms with Gasteiger partial charge in [-0.2, -0.15) is 0 Å². The van der Waals surface area contributed by atoms with Crippen LogP contribution in [-0.2, 0) is 13.0 Å². The number of halogens is 1. The van der Waals surface area contributed by atoms with Gasteiger partial charge in [0.15, 0.2) is 11.6 Å². The van der Waals surface area contributed by atoms with E-state index in [9.17, 15) is 4.39 Å². The van der Waals surface area contributed by atoms with Gasteiger partial charge < -0.3 is 10.1 Å². The van der Waals surface area contributed by atoms with Crippen LogP contribution in [0.2, 0.25) is 0 Å². The number of nitrogens with one attached hydrogen (secondary N) is 1. The van der Waals surface area contributed by atoms with Gasteiger partial charge >= 0.3 is 0 Å². The van der Waals surface area contributed by atoms with Crippen LogP contribution >= 0.6 is 0 Å². The van der Waals surface area contributed by atoms with Crippen LogP contribution in [0, 0.1) is 5.82 Å². The van der Waals surface area contributed by atoms with Crippen molar-refractivity contribution in [3.8, 4) is 5.75 Å². The summed E-state index contributed by atoms with van der Waals surface area (Å²) in [6.45, 7) is 2.34. The molecule has 4 nitrogen and oxygen atoms in total. The highest BCUT2D eigenvalue weighted by Gasteiger charge is 2.09. The van der Waals surface area contributed by atoms with Gasteiger partial charge in [0.2, 0.25) is 0 Å². The number of methoxy groups -OCH3 is 1. The minimum Gasteiger partial charge on any atom is -0.497 e. The summed E-state index contributed by atoms with van der Waals surface area (Å²) in [7, 11) is 1.62. The van der Waals surface area contributed by atoms with E-state index in [1.807, 2.05) is 31.2 Å². The van der Waals surface area contributed by atoms with E-state index in [1.165, 1.54) is 6.33 Å². The van der Waals surface area contributed by atoms with Crippen LogP contribution in [-0.4, -0.2) is 17.1 Å². The fraction of sp³-hybridized carbons (Fsp3) is 0.286. The molecule has 0 radical (unpaired) electrons. The standard InChI is InChI=1S/C14H16FN3O/c1-3-12-13(15)14(18-9-17-12)16-8-10-5-4-6-11(7-10)19-2/h4-7,9H,3,8H2,1-2H3,(H,16,17,18). The van der Waals surface area contributed by atoms with Crippen LogP contribution in [0.3, 0.4) is 0 Å². The molecule has 0 atom stereocenters. The number of aryl methyl sites for hydroxylation is 1. The number of aromatic nitrogens is 2. The average Bonchev–Trinajstić information content (AvgIpc) is 2.46. The molecule has 5 heteroatoms. The molecule has 0 aliphatic carbocycles. The third-order valence-corrected chi connectivity index (χ3v) is 2.79. The molecule has 0 saturated carbocycles. The second kappa shape index (κ2) is 6.13. The van der Waals surface area contributed by atoms with Crippen molar-refractivity contribution in [1.29, 1.82) is 0 Å². The highest BCUT2D eigenvalue weighted by atomic mass is 19.1. The van der Waals surface area contributed by atoms with Crippen molar-refractivity contribution in [3.63, 3.8) is 0 Å².